The third-order valence-corrected chi connectivity index (χ3v) is 5.82. The first-order valence-electron chi connectivity index (χ1n) is 11.0. The second kappa shape index (κ2) is 10.3. The van der Waals surface area contributed by atoms with Crippen molar-refractivity contribution in [3.63, 3.8) is 0 Å². The third kappa shape index (κ3) is 5.34. The van der Waals surface area contributed by atoms with Gasteiger partial charge in [-0.15, -0.1) is 0 Å². The number of esters is 1. The minimum Gasteiger partial charge on any atom is -0.495 e. The number of methoxy groups -OCH3 is 2. The number of nitrogens with two attached hydrogens (primary N) is 1. The fourth-order valence-corrected chi connectivity index (χ4v) is 4.01. The Kier molecular flexibility index (Phi) is 7.07. The molecule has 0 radical (unpaired) electrons. The van der Waals surface area contributed by atoms with Crippen LogP contribution in [0.25, 0.3) is 0 Å². The van der Waals surface area contributed by atoms with E-state index in [1.807, 2.05) is 36.4 Å². The molecule has 1 saturated heterocycles. The van der Waals surface area contributed by atoms with Crippen LogP contribution in [-0.2, 0) is 11.3 Å². The summed E-state index contributed by atoms with van der Waals surface area (Å²) in [5.74, 6) is 1.50. The summed E-state index contributed by atoms with van der Waals surface area (Å²) in [5, 5.41) is 3.17. The molecule has 4 rings (SSSR count). The number of benzene rings is 2. The highest BCUT2D eigenvalue weighted by Crippen LogP contribution is 2.26. The molecular weight excluding hydrogens is 434 g/mol. The molecule has 0 bridgehead atoms. The van der Waals surface area contributed by atoms with Crippen molar-refractivity contribution in [2.24, 2.45) is 0 Å². The van der Waals surface area contributed by atoms with E-state index in [0.717, 1.165) is 31.0 Å². The van der Waals surface area contributed by atoms with E-state index < -0.39 is 0 Å². The van der Waals surface area contributed by atoms with E-state index in [1.54, 1.807) is 19.2 Å². The number of hydrogen-bond acceptors (Lipinski definition) is 10. The van der Waals surface area contributed by atoms with E-state index in [1.165, 1.54) is 7.11 Å². The number of nitrogens with one attached hydrogen (secondary N) is 1. The summed E-state index contributed by atoms with van der Waals surface area (Å²) < 4.78 is 10.2. The van der Waals surface area contributed by atoms with Crippen molar-refractivity contribution in [1.29, 1.82) is 0 Å². The summed E-state index contributed by atoms with van der Waals surface area (Å²) >= 11 is 0. The summed E-state index contributed by atoms with van der Waals surface area (Å²) in [6, 6.07) is 15.3. The smallest absolute Gasteiger partial charge is 0.337 e. The van der Waals surface area contributed by atoms with Crippen molar-refractivity contribution in [3.8, 4) is 5.75 Å². The van der Waals surface area contributed by atoms with Crippen LogP contribution in [0.2, 0.25) is 0 Å². The quantitative estimate of drug-likeness (QED) is 0.506. The normalized spacial score (nSPS) is 16.2. The van der Waals surface area contributed by atoms with Crippen LogP contribution in [0.1, 0.15) is 23.1 Å². The van der Waals surface area contributed by atoms with Crippen molar-refractivity contribution < 1.29 is 14.3 Å². The highest BCUT2D eigenvalue weighted by Gasteiger charge is 2.25. The Morgan fingerprint density at radius 1 is 1.09 bits per heavy atom. The van der Waals surface area contributed by atoms with E-state index in [-0.39, 0.29) is 18.0 Å². The van der Waals surface area contributed by atoms with E-state index in [4.69, 9.17) is 15.2 Å². The van der Waals surface area contributed by atoms with Gasteiger partial charge in [0.25, 0.3) is 0 Å². The number of para-hydroxylation sites is 2. The number of piperazine rings is 1. The van der Waals surface area contributed by atoms with Gasteiger partial charge in [-0.3, -0.25) is 4.90 Å². The second-order valence-electron chi connectivity index (χ2n) is 8.06. The Morgan fingerprint density at radius 2 is 1.85 bits per heavy atom. The van der Waals surface area contributed by atoms with Crippen LogP contribution < -0.4 is 20.7 Å². The number of hydrogen-bond donors (Lipinski definition) is 2. The molecule has 2 heterocycles. The van der Waals surface area contributed by atoms with Gasteiger partial charge in [-0.1, -0.05) is 12.1 Å². The predicted molar refractivity (Wildman–Crippen MR) is 130 cm³/mol. The minimum absolute atomic E-state index is 0.166. The average Bonchev–Trinajstić information content (AvgIpc) is 2.85. The number of ether oxygens (including phenoxy) is 2. The molecule has 1 fully saturated rings. The van der Waals surface area contributed by atoms with Crippen LogP contribution in [0.4, 0.5) is 23.3 Å². The van der Waals surface area contributed by atoms with Crippen molar-refractivity contribution in [2.75, 3.05) is 49.8 Å². The van der Waals surface area contributed by atoms with E-state index in [2.05, 4.69) is 37.0 Å². The first-order chi connectivity index (χ1) is 16.5. The van der Waals surface area contributed by atoms with Crippen LogP contribution in [-0.4, -0.2) is 65.7 Å². The van der Waals surface area contributed by atoms with Crippen LogP contribution in [0, 0.1) is 0 Å². The topological polar surface area (TPSA) is 119 Å². The minimum atomic E-state index is -0.332. The standard InChI is InChI=1S/C24H29N7O3/c1-16-14-31(18-10-8-17(9-11-18)22(32)34-3)13-12-30(16)15-21-27-23(25)29-24(28-21)26-19-6-4-5-7-20(19)33-2/h4-11,16H,12-15H2,1-3H3,(H3,25,26,27,28,29). The van der Waals surface area contributed by atoms with Gasteiger partial charge in [0.2, 0.25) is 11.9 Å². The van der Waals surface area contributed by atoms with Crippen LogP contribution in [0.3, 0.4) is 0 Å². The summed E-state index contributed by atoms with van der Waals surface area (Å²) in [6.45, 7) is 5.25. The van der Waals surface area contributed by atoms with Crippen LogP contribution in [0.5, 0.6) is 5.75 Å². The SMILES string of the molecule is COC(=O)c1ccc(N2CCN(Cc3nc(N)nc(Nc4ccccc4OC)n3)C(C)C2)cc1. The highest BCUT2D eigenvalue weighted by molar-refractivity contribution is 5.89. The van der Waals surface area contributed by atoms with Crippen molar-refractivity contribution in [1.82, 2.24) is 19.9 Å². The zero-order valence-electron chi connectivity index (χ0n) is 19.6. The first-order valence-corrected chi connectivity index (χ1v) is 11.0. The number of carbonyl (C=O) groups is 1. The van der Waals surface area contributed by atoms with Crippen molar-refractivity contribution >= 4 is 29.2 Å². The molecule has 1 atom stereocenters. The maximum atomic E-state index is 11.7. The van der Waals surface area contributed by atoms with Gasteiger partial charge in [-0.2, -0.15) is 15.0 Å². The number of anilines is 4. The fraction of sp³-hybridized carbons (Fsp3) is 0.333. The molecule has 0 spiro atoms. The lowest BCUT2D eigenvalue weighted by Gasteiger charge is -2.40. The van der Waals surface area contributed by atoms with E-state index in [9.17, 15) is 4.79 Å². The molecule has 0 aliphatic carbocycles. The second-order valence-corrected chi connectivity index (χ2v) is 8.06. The molecule has 2 aromatic carbocycles. The Morgan fingerprint density at radius 3 is 2.56 bits per heavy atom. The molecule has 1 aliphatic rings. The average molecular weight is 464 g/mol. The van der Waals surface area contributed by atoms with E-state index in [0.29, 0.717) is 29.6 Å². The monoisotopic (exact) mass is 463 g/mol. The summed E-state index contributed by atoms with van der Waals surface area (Å²) in [4.78, 5) is 29.4. The Hall–Kier alpha value is -3.92. The molecular formula is C24H29N7O3. The number of carbonyl (C=O) groups excluding carboxylic acids is 1. The lowest BCUT2D eigenvalue weighted by atomic mass is 10.1. The molecule has 0 saturated carbocycles. The zero-order chi connectivity index (χ0) is 24.1. The summed E-state index contributed by atoms with van der Waals surface area (Å²) in [5.41, 5.74) is 8.34. The maximum absolute atomic E-state index is 11.7. The first kappa shape index (κ1) is 23.2. The molecule has 34 heavy (non-hydrogen) atoms. The number of nitrogens with zero attached hydrogens (tertiary/aromatic N) is 5. The Labute approximate surface area is 198 Å². The molecule has 178 valence electrons. The largest absolute Gasteiger partial charge is 0.495 e. The number of rotatable bonds is 7. The van der Waals surface area contributed by atoms with Gasteiger partial charge < -0.3 is 25.4 Å². The summed E-state index contributed by atoms with van der Waals surface area (Å²) in [6.07, 6.45) is 0. The highest BCUT2D eigenvalue weighted by atomic mass is 16.5. The molecule has 3 aromatic rings. The van der Waals surface area contributed by atoms with Gasteiger partial charge in [0.1, 0.15) is 11.6 Å². The molecule has 1 unspecified atom stereocenters. The van der Waals surface area contributed by atoms with Crippen molar-refractivity contribution in [3.05, 3.63) is 59.9 Å². The van der Waals surface area contributed by atoms with Gasteiger partial charge in [0.05, 0.1) is 32.0 Å². The van der Waals surface area contributed by atoms with Gasteiger partial charge in [-0.05, 0) is 43.3 Å². The van der Waals surface area contributed by atoms with Gasteiger partial charge in [0.15, 0.2) is 0 Å². The molecule has 3 N–H and O–H groups in total. The molecule has 10 nitrogen and oxygen atoms in total. The van der Waals surface area contributed by atoms with Gasteiger partial charge in [-0.25, -0.2) is 4.79 Å². The fourth-order valence-electron chi connectivity index (χ4n) is 4.01. The van der Waals surface area contributed by atoms with Crippen molar-refractivity contribution in [2.45, 2.75) is 19.5 Å². The van der Waals surface area contributed by atoms with Gasteiger partial charge in [0, 0.05) is 31.4 Å². The third-order valence-electron chi connectivity index (χ3n) is 5.82. The van der Waals surface area contributed by atoms with Crippen LogP contribution in [0.15, 0.2) is 48.5 Å². The van der Waals surface area contributed by atoms with Gasteiger partial charge >= 0.3 is 5.97 Å². The molecule has 10 heteroatoms. The van der Waals surface area contributed by atoms with Crippen LogP contribution >= 0.6 is 0 Å². The number of aromatic nitrogens is 3. The zero-order valence-corrected chi connectivity index (χ0v) is 19.6. The summed E-state index contributed by atoms with van der Waals surface area (Å²) in [7, 11) is 3.00. The Bertz CT molecular complexity index is 1140. The molecule has 0 amide bonds. The van der Waals surface area contributed by atoms with E-state index >= 15 is 0 Å². The molecule has 1 aromatic heterocycles. The predicted octanol–water partition coefficient (Wildman–Crippen LogP) is 2.70. The lowest BCUT2D eigenvalue weighted by molar-refractivity contribution is 0.0600. The number of nitrogen functional groups attached to an aromatic ring is 1. The Balaban J connectivity index is 1.41. The maximum Gasteiger partial charge on any atom is 0.337 e. The lowest BCUT2D eigenvalue weighted by Crippen LogP contribution is -2.51. The molecule has 1 aliphatic heterocycles.